The van der Waals surface area contributed by atoms with Crippen molar-refractivity contribution in [1.29, 1.82) is 0 Å². The minimum atomic E-state index is 0.186. The summed E-state index contributed by atoms with van der Waals surface area (Å²) in [5.41, 5.74) is 8.95. The molecular formula is C15H25NO. The van der Waals surface area contributed by atoms with Crippen molar-refractivity contribution < 1.29 is 4.74 Å². The van der Waals surface area contributed by atoms with E-state index in [4.69, 9.17) is 10.5 Å². The molecule has 1 aromatic rings. The summed E-state index contributed by atoms with van der Waals surface area (Å²) in [6, 6.07) is 6.44. The fourth-order valence-corrected chi connectivity index (χ4v) is 2.21. The Balaban J connectivity index is 2.76. The Kier molecular flexibility index (Phi) is 4.58. The van der Waals surface area contributed by atoms with Crippen LogP contribution >= 0.6 is 0 Å². The first-order chi connectivity index (χ1) is 7.81. The first-order valence-corrected chi connectivity index (χ1v) is 6.21. The van der Waals surface area contributed by atoms with Crippen molar-refractivity contribution in [1.82, 2.24) is 0 Å². The molecule has 0 aliphatic heterocycles. The van der Waals surface area contributed by atoms with Gasteiger partial charge in [0.15, 0.2) is 0 Å². The van der Waals surface area contributed by atoms with Crippen LogP contribution in [0.15, 0.2) is 18.2 Å². The third-order valence-electron chi connectivity index (χ3n) is 2.79. The Labute approximate surface area is 105 Å². The Morgan fingerprint density at radius 2 is 1.94 bits per heavy atom. The van der Waals surface area contributed by atoms with Crippen LogP contribution in [-0.2, 0) is 6.42 Å². The van der Waals surface area contributed by atoms with E-state index in [0.717, 1.165) is 18.6 Å². The smallest absolute Gasteiger partial charge is 0.122 e. The molecule has 0 saturated carbocycles. The van der Waals surface area contributed by atoms with E-state index in [9.17, 15) is 0 Å². The molecule has 2 N–H and O–H groups in total. The van der Waals surface area contributed by atoms with Crippen molar-refractivity contribution in [3.05, 3.63) is 29.3 Å². The second-order valence-corrected chi connectivity index (χ2v) is 6.04. The summed E-state index contributed by atoms with van der Waals surface area (Å²) >= 11 is 0. The number of aryl methyl sites for hydroxylation is 1. The largest absolute Gasteiger partial charge is 0.496 e. The van der Waals surface area contributed by atoms with E-state index < -0.39 is 0 Å². The molecule has 0 aliphatic carbocycles. The maximum Gasteiger partial charge on any atom is 0.122 e. The standard InChI is InChI=1S/C15H25NO/c1-11-6-7-14(17-5)12(8-11)9-13(16)10-15(2,3)4/h6-8,13H,9-10,16H2,1-5H3. The number of rotatable bonds is 4. The Hall–Kier alpha value is -1.02. The van der Waals surface area contributed by atoms with Gasteiger partial charge in [-0.05, 0) is 36.8 Å². The molecule has 0 aliphatic rings. The van der Waals surface area contributed by atoms with Crippen molar-refractivity contribution in [3.63, 3.8) is 0 Å². The SMILES string of the molecule is COc1ccc(C)cc1CC(N)CC(C)(C)C. The van der Waals surface area contributed by atoms with Crippen LogP contribution < -0.4 is 10.5 Å². The predicted octanol–water partition coefficient (Wildman–Crippen LogP) is 3.31. The molecule has 0 bridgehead atoms. The topological polar surface area (TPSA) is 35.2 Å². The van der Waals surface area contributed by atoms with Crippen molar-refractivity contribution >= 4 is 0 Å². The predicted molar refractivity (Wildman–Crippen MR) is 73.5 cm³/mol. The zero-order chi connectivity index (χ0) is 13.1. The van der Waals surface area contributed by atoms with E-state index in [0.29, 0.717) is 0 Å². The van der Waals surface area contributed by atoms with Gasteiger partial charge < -0.3 is 10.5 Å². The zero-order valence-electron chi connectivity index (χ0n) is 11.7. The molecule has 2 nitrogen and oxygen atoms in total. The van der Waals surface area contributed by atoms with Crippen LogP contribution in [-0.4, -0.2) is 13.2 Å². The second kappa shape index (κ2) is 5.54. The third kappa shape index (κ3) is 4.78. The highest BCUT2D eigenvalue weighted by Gasteiger charge is 2.17. The molecule has 1 rings (SSSR count). The van der Waals surface area contributed by atoms with Crippen molar-refractivity contribution in [2.45, 2.75) is 46.6 Å². The number of benzene rings is 1. The van der Waals surface area contributed by atoms with E-state index in [1.165, 1.54) is 11.1 Å². The molecule has 0 fully saturated rings. The molecule has 17 heavy (non-hydrogen) atoms. The molecule has 1 aromatic carbocycles. The van der Waals surface area contributed by atoms with Crippen LogP contribution in [0, 0.1) is 12.3 Å². The molecule has 96 valence electrons. The summed E-state index contributed by atoms with van der Waals surface area (Å²) in [7, 11) is 1.71. The summed E-state index contributed by atoms with van der Waals surface area (Å²) in [5, 5.41) is 0. The second-order valence-electron chi connectivity index (χ2n) is 6.04. The normalized spacial score (nSPS) is 13.5. The number of methoxy groups -OCH3 is 1. The lowest BCUT2D eigenvalue weighted by molar-refractivity contribution is 0.335. The van der Waals surface area contributed by atoms with Crippen LogP contribution in [0.2, 0.25) is 0 Å². The van der Waals surface area contributed by atoms with Gasteiger partial charge >= 0.3 is 0 Å². The molecular weight excluding hydrogens is 210 g/mol. The van der Waals surface area contributed by atoms with Gasteiger partial charge in [0.1, 0.15) is 5.75 Å². The van der Waals surface area contributed by atoms with E-state index in [2.05, 4.69) is 39.8 Å². The Bertz CT molecular complexity index is 366. The monoisotopic (exact) mass is 235 g/mol. The molecule has 1 atom stereocenters. The van der Waals surface area contributed by atoms with Gasteiger partial charge in [0.25, 0.3) is 0 Å². The lowest BCUT2D eigenvalue weighted by Gasteiger charge is -2.23. The van der Waals surface area contributed by atoms with E-state index in [-0.39, 0.29) is 11.5 Å². The molecule has 0 aromatic heterocycles. The Morgan fingerprint density at radius 3 is 2.47 bits per heavy atom. The number of ether oxygens (including phenoxy) is 1. The summed E-state index contributed by atoms with van der Waals surface area (Å²) < 4.78 is 5.38. The van der Waals surface area contributed by atoms with Gasteiger partial charge in [0, 0.05) is 6.04 Å². The number of nitrogens with two attached hydrogens (primary N) is 1. The number of hydrogen-bond donors (Lipinski definition) is 1. The van der Waals surface area contributed by atoms with Gasteiger partial charge in [-0.25, -0.2) is 0 Å². The van der Waals surface area contributed by atoms with Gasteiger partial charge in [-0.1, -0.05) is 38.5 Å². The summed E-state index contributed by atoms with van der Waals surface area (Å²) in [4.78, 5) is 0. The minimum Gasteiger partial charge on any atom is -0.496 e. The quantitative estimate of drug-likeness (QED) is 0.869. The van der Waals surface area contributed by atoms with Crippen LogP contribution in [0.4, 0.5) is 0 Å². The fourth-order valence-electron chi connectivity index (χ4n) is 2.21. The van der Waals surface area contributed by atoms with Gasteiger partial charge in [-0.2, -0.15) is 0 Å². The average molecular weight is 235 g/mol. The van der Waals surface area contributed by atoms with Crippen LogP contribution in [0.3, 0.4) is 0 Å². The molecule has 1 unspecified atom stereocenters. The molecule has 2 heteroatoms. The minimum absolute atomic E-state index is 0.186. The van der Waals surface area contributed by atoms with E-state index in [1.807, 2.05) is 6.07 Å². The molecule has 0 radical (unpaired) electrons. The first-order valence-electron chi connectivity index (χ1n) is 6.21. The van der Waals surface area contributed by atoms with Gasteiger partial charge in [-0.3, -0.25) is 0 Å². The highest BCUT2D eigenvalue weighted by Crippen LogP contribution is 2.25. The van der Waals surface area contributed by atoms with E-state index >= 15 is 0 Å². The van der Waals surface area contributed by atoms with Crippen molar-refractivity contribution in [2.24, 2.45) is 11.1 Å². The maximum atomic E-state index is 6.21. The van der Waals surface area contributed by atoms with Crippen molar-refractivity contribution in [2.75, 3.05) is 7.11 Å². The van der Waals surface area contributed by atoms with Gasteiger partial charge in [0.2, 0.25) is 0 Å². The molecule has 0 saturated heterocycles. The van der Waals surface area contributed by atoms with Crippen LogP contribution in [0.25, 0.3) is 0 Å². The molecule has 0 spiro atoms. The van der Waals surface area contributed by atoms with Gasteiger partial charge in [0.05, 0.1) is 7.11 Å². The number of hydrogen-bond acceptors (Lipinski definition) is 2. The zero-order valence-corrected chi connectivity index (χ0v) is 11.7. The molecule has 0 heterocycles. The Morgan fingerprint density at radius 1 is 1.29 bits per heavy atom. The summed E-state index contributed by atoms with van der Waals surface area (Å²) in [6.45, 7) is 8.76. The van der Waals surface area contributed by atoms with Crippen molar-refractivity contribution in [3.8, 4) is 5.75 Å². The summed E-state index contributed by atoms with van der Waals surface area (Å²) in [6.07, 6.45) is 1.90. The van der Waals surface area contributed by atoms with Gasteiger partial charge in [-0.15, -0.1) is 0 Å². The lowest BCUT2D eigenvalue weighted by atomic mass is 9.86. The average Bonchev–Trinajstić information content (AvgIpc) is 2.14. The van der Waals surface area contributed by atoms with Crippen LogP contribution in [0.1, 0.15) is 38.3 Å². The lowest BCUT2D eigenvalue weighted by Crippen LogP contribution is -2.28. The first kappa shape index (κ1) is 14.0. The summed E-state index contributed by atoms with van der Waals surface area (Å²) in [5.74, 6) is 0.944. The molecule has 0 amide bonds. The van der Waals surface area contributed by atoms with Crippen LogP contribution in [0.5, 0.6) is 5.75 Å². The highest BCUT2D eigenvalue weighted by molar-refractivity contribution is 5.37. The maximum absolute atomic E-state index is 6.21. The van der Waals surface area contributed by atoms with E-state index in [1.54, 1.807) is 7.11 Å². The third-order valence-corrected chi connectivity index (χ3v) is 2.79. The highest BCUT2D eigenvalue weighted by atomic mass is 16.5. The fraction of sp³-hybridized carbons (Fsp3) is 0.600.